The molecule has 23 heavy (non-hydrogen) atoms. The number of amides is 2. The third-order valence-electron chi connectivity index (χ3n) is 4.36. The van der Waals surface area contributed by atoms with Gasteiger partial charge in [0.2, 0.25) is 11.8 Å². The van der Waals surface area contributed by atoms with Crippen molar-refractivity contribution in [1.82, 2.24) is 19.8 Å². The Morgan fingerprint density at radius 2 is 1.91 bits per heavy atom. The zero-order valence-corrected chi connectivity index (χ0v) is 14.5. The second-order valence-corrected chi connectivity index (χ2v) is 6.40. The molecule has 0 N–H and O–H groups in total. The number of likely N-dealkylation sites (tertiary alicyclic amines) is 1. The van der Waals surface area contributed by atoms with Crippen LogP contribution in [0.4, 0.5) is 0 Å². The van der Waals surface area contributed by atoms with E-state index in [0.29, 0.717) is 18.8 Å². The van der Waals surface area contributed by atoms with Crippen molar-refractivity contribution in [3.8, 4) is 0 Å². The maximum Gasteiger partial charge on any atom is 0.222 e. The number of piperidine rings is 1. The Morgan fingerprint density at radius 1 is 1.26 bits per heavy atom. The molecular weight excluding hydrogens is 292 g/mol. The number of carbonyl (C=O) groups excluding carboxylic acids is 2. The molecule has 1 saturated heterocycles. The lowest BCUT2D eigenvalue weighted by molar-refractivity contribution is -0.130. The van der Waals surface area contributed by atoms with Crippen LogP contribution in [0.3, 0.4) is 0 Å². The molecule has 6 heteroatoms. The van der Waals surface area contributed by atoms with Gasteiger partial charge in [-0.15, -0.1) is 0 Å². The summed E-state index contributed by atoms with van der Waals surface area (Å²) in [5, 5.41) is 0. The van der Waals surface area contributed by atoms with Gasteiger partial charge < -0.3 is 9.80 Å². The third-order valence-corrected chi connectivity index (χ3v) is 4.36. The van der Waals surface area contributed by atoms with Gasteiger partial charge in [-0.05, 0) is 32.3 Å². The lowest BCUT2D eigenvalue weighted by Gasteiger charge is -2.31. The largest absolute Gasteiger partial charge is 0.349 e. The first-order valence-corrected chi connectivity index (χ1v) is 8.17. The number of hydrogen-bond donors (Lipinski definition) is 0. The van der Waals surface area contributed by atoms with E-state index in [0.717, 1.165) is 43.1 Å². The quantitative estimate of drug-likeness (QED) is 0.844. The summed E-state index contributed by atoms with van der Waals surface area (Å²) in [5.74, 6) is 1.38. The second kappa shape index (κ2) is 7.53. The van der Waals surface area contributed by atoms with Gasteiger partial charge >= 0.3 is 0 Å². The molecule has 2 heterocycles. The van der Waals surface area contributed by atoms with E-state index in [-0.39, 0.29) is 11.8 Å². The van der Waals surface area contributed by atoms with E-state index in [2.05, 4.69) is 9.97 Å². The van der Waals surface area contributed by atoms with Crippen molar-refractivity contribution in [3.63, 3.8) is 0 Å². The van der Waals surface area contributed by atoms with Crippen LogP contribution in [0.25, 0.3) is 0 Å². The number of carbonyl (C=O) groups is 2. The molecule has 0 aliphatic carbocycles. The molecule has 2 amide bonds. The molecule has 0 saturated carbocycles. The number of aryl methyl sites for hydroxylation is 2. The molecule has 6 nitrogen and oxygen atoms in total. The topological polar surface area (TPSA) is 66.4 Å². The average molecular weight is 318 g/mol. The highest BCUT2D eigenvalue weighted by Gasteiger charge is 2.23. The Kier molecular flexibility index (Phi) is 5.69. The van der Waals surface area contributed by atoms with Crippen molar-refractivity contribution in [2.45, 2.75) is 45.4 Å². The molecule has 0 bridgehead atoms. The van der Waals surface area contributed by atoms with Gasteiger partial charge in [0, 0.05) is 57.8 Å². The van der Waals surface area contributed by atoms with E-state index >= 15 is 0 Å². The molecule has 2 rings (SSSR count). The van der Waals surface area contributed by atoms with E-state index in [1.807, 2.05) is 17.9 Å². The summed E-state index contributed by atoms with van der Waals surface area (Å²) in [6, 6.07) is 2.03. The molecule has 1 fully saturated rings. The van der Waals surface area contributed by atoms with Gasteiger partial charge in [0.1, 0.15) is 5.82 Å². The monoisotopic (exact) mass is 318 g/mol. The Labute approximate surface area is 137 Å². The summed E-state index contributed by atoms with van der Waals surface area (Å²) in [4.78, 5) is 35.7. The SMILES string of the molecule is CC(=O)N1CCC(c2cc(CCC(=O)N(C)C)nc(C)n2)CC1. The van der Waals surface area contributed by atoms with Gasteiger partial charge in [-0.3, -0.25) is 9.59 Å². The minimum Gasteiger partial charge on any atom is -0.349 e. The Morgan fingerprint density at radius 3 is 2.48 bits per heavy atom. The van der Waals surface area contributed by atoms with E-state index < -0.39 is 0 Å². The fraction of sp³-hybridized carbons (Fsp3) is 0.647. The molecule has 126 valence electrons. The van der Waals surface area contributed by atoms with Crippen LogP contribution < -0.4 is 0 Å². The van der Waals surface area contributed by atoms with Crippen LogP contribution in [-0.4, -0.2) is 58.8 Å². The first-order chi connectivity index (χ1) is 10.9. The van der Waals surface area contributed by atoms with Gasteiger partial charge in [0.05, 0.1) is 0 Å². The van der Waals surface area contributed by atoms with Gasteiger partial charge in [-0.25, -0.2) is 9.97 Å². The van der Waals surface area contributed by atoms with Crippen LogP contribution >= 0.6 is 0 Å². The summed E-state index contributed by atoms with van der Waals surface area (Å²) in [6.07, 6.45) is 2.98. The van der Waals surface area contributed by atoms with Crippen molar-refractivity contribution in [2.75, 3.05) is 27.2 Å². The van der Waals surface area contributed by atoms with E-state index in [1.54, 1.807) is 25.9 Å². The zero-order chi connectivity index (χ0) is 17.0. The fourth-order valence-corrected chi connectivity index (χ4v) is 2.94. The summed E-state index contributed by atoms with van der Waals surface area (Å²) in [5.41, 5.74) is 1.98. The van der Waals surface area contributed by atoms with Crippen molar-refractivity contribution in [2.24, 2.45) is 0 Å². The normalized spacial score (nSPS) is 15.6. The highest BCUT2D eigenvalue weighted by molar-refractivity contribution is 5.75. The van der Waals surface area contributed by atoms with E-state index in [1.165, 1.54) is 0 Å². The lowest BCUT2D eigenvalue weighted by Crippen LogP contribution is -2.36. The third kappa shape index (κ3) is 4.74. The Bertz CT molecular complexity index is 578. The van der Waals surface area contributed by atoms with Crippen LogP contribution in [0.2, 0.25) is 0 Å². The Hall–Kier alpha value is -1.98. The summed E-state index contributed by atoms with van der Waals surface area (Å²) < 4.78 is 0. The van der Waals surface area contributed by atoms with E-state index in [9.17, 15) is 9.59 Å². The molecule has 1 aromatic heterocycles. The molecule has 1 aromatic rings. The first-order valence-electron chi connectivity index (χ1n) is 8.17. The average Bonchev–Trinajstić information content (AvgIpc) is 2.52. The van der Waals surface area contributed by atoms with Crippen molar-refractivity contribution < 1.29 is 9.59 Å². The predicted octanol–water partition coefficient (Wildman–Crippen LogP) is 1.53. The van der Waals surface area contributed by atoms with Gasteiger partial charge in [0.15, 0.2) is 0 Å². The number of hydrogen-bond acceptors (Lipinski definition) is 4. The summed E-state index contributed by atoms with van der Waals surface area (Å²) in [6.45, 7) is 5.09. The number of nitrogens with zero attached hydrogens (tertiary/aromatic N) is 4. The maximum absolute atomic E-state index is 11.7. The van der Waals surface area contributed by atoms with Crippen molar-refractivity contribution in [1.29, 1.82) is 0 Å². The predicted molar refractivity (Wildman–Crippen MR) is 88.0 cm³/mol. The highest BCUT2D eigenvalue weighted by atomic mass is 16.2. The molecule has 0 spiro atoms. The molecule has 1 aliphatic heterocycles. The smallest absolute Gasteiger partial charge is 0.222 e. The summed E-state index contributed by atoms with van der Waals surface area (Å²) in [7, 11) is 3.53. The van der Waals surface area contributed by atoms with Crippen LogP contribution in [0.1, 0.15) is 49.3 Å². The minimum atomic E-state index is 0.109. The van der Waals surface area contributed by atoms with Crippen LogP contribution in [0, 0.1) is 6.92 Å². The fourth-order valence-electron chi connectivity index (χ4n) is 2.94. The molecule has 1 aliphatic rings. The van der Waals surface area contributed by atoms with E-state index in [4.69, 9.17) is 0 Å². The molecule has 0 unspecified atom stereocenters. The maximum atomic E-state index is 11.7. The molecule has 0 radical (unpaired) electrons. The van der Waals surface area contributed by atoms with Crippen LogP contribution in [0.5, 0.6) is 0 Å². The van der Waals surface area contributed by atoms with Gasteiger partial charge in [-0.2, -0.15) is 0 Å². The molecule has 0 atom stereocenters. The highest BCUT2D eigenvalue weighted by Crippen LogP contribution is 2.27. The van der Waals surface area contributed by atoms with Gasteiger partial charge in [0.25, 0.3) is 0 Å². The second-order valence-electron chi connectivity index (χ2n) is 6.40. The number of rotatable bonds is 4. The summed E-state index contributed by atoms with van der Waals surface area (Å²) >= 11 is 0. The number of aromatic nitrogens is 2. The minimum absolute atomic E-state index is 0.109. The zero-order valence-electron chi connectivity index (χ0n) is 14.5. The van der Waals surface area contributed by atoms with Crippen molar-refractivity contribution in [3.05, 3.63) is 23.3 Å². The first kappa shape index (κ1) is 17.4. The molecular formula is C17H26N4O2. The lowest BCUT2D eigenvalue weighted by atomic mass is 9.92. The molecule has 0 aromatic carbocycles. The standard InChI is InChI=1S/C17H26N4O2/c1-12-18-15(5-6-17(23)20(3)4)11-16(19-12)14-7-9-21(10-8-14)13(2)22/h11,14H,5-10H2,1-4H3. The van der Waals surface area contributed by atoms with Crippen molar-refractivity contribution >= 4 is 11.8 Å². The van der Waals surface area contributed by atoms with Crippen LogP contribution in [-0.2, 0) is 16.0 Å². The van der Waals surface area contributed by atoms with Crippen LogP contribution in [0.15, 0.2) is 6.07 Å². The van der Waals surface area contributed by atoms with Gasteiger partial charge in [-0.1, -0.05) is 0 Å². The Balaban J connectivity index is 2.03.